The number of anilines is 1. The molecule has 1 aromatic carbocycles. The standard InChI is InChI=1S/C10H14N2O2/c1-7-6-8(11)2-3-9(7)10(14)12-4-5-13/h2-3,6,13H,4-5,11H2,1H3,(H,12,14). The second kappa shape index (κ2) is 4.62. The minimum atomic E-state index is -0.184. The molecule has 1 aromatic rings. The summed E-state index contributed by atoms with van der Waals surface area (Å²) in [5, 5.41) is 11.1. The minimum absolute atomic E-state index is 0.0558. The van der Waals surface area contributed by atoms with Gasteiger partial charge in [-0.15, -0.1) is 0 Å². The largest absolute Gasteiger partial charge is 0.399 e. The Kier molecular flexibility index (Phi) is 3.48. The summed E-state index contributed by atoms with van der Waals surface area (Å²) in [5.41, 5.74) is 7.62. The molecule has 0 aliphatic carbocycles. The predicted molar refractivity (Wildman–Crippen MR) is 55.0 cm³/mol. The highest BCUT2D eigenvalue weighted by Gasteiger charge is 2.07. The van der Waals surface area contributed by atoms with Gasteiger partial charge in [0.15, 0.2) is 0 Å². The first kappa shape index (κ1) is 10.5. The maximum absolute atomic E-state index is 11.5. The molecule has 0 aliphatic rings. The number of aliphatic hydroxyl groups is 1. The molecule has 0 radical (unpaired) electrons. The number of nitrogen functional groups attached to an aromatic ring is 1. The number of nitrogens with two attached hydrogens (primary N) is 1. The lowest BCUT2D eigenvalue weighted by atomic mass is 10.1. The molecule has 0 atom stereocenters. The molecule has 0 saturated heterocycles. The molecule has 0 spiro atoms. The molecule has 4 N–H and O–H groups in total. The Morgan fingerprint density at radius 2 is 2.29 bits per heavy atom. The Morgan fingerprint density at radius 3 is 2.86 bits per heavy atom. The van der Waals surface area contributed by atoms with E-state index in [2.05, 4.69) is 5.32 Å². The molecule has 0 saturated carbocycles. The monoisotopic (exact) mass is 194 g/mol. The number of amides is 1. The van der Waals surface area contributed by atoms with Gasteiger partial charge in [-0.25, -0.2) is 0 Å². The van der Waals surface area contributed by atoms with Gasteiger partial charge in [-0.3, -0.25) is 4.79 Å². The Bertz CT molecular complexity index is 337. The zero-order valence-electron chi connectivity index (χ0n) is 8.08. The van der Waals surface area contributed by atoms with Crippen molar-refractivity contribution in [1.29, 1.82) is 0 Å². The molecule has 76 valence electrons. The van der Waals surface area contributed by atoms with Crippen molar-refractivity contribution in [3.05, 3.63) is 29.3 Å². The molecule has 1 amide bonds. The summed E-state index contributed by atoms with van der Waals surface area (Å²) in [7, 11) is 0. The molecule has 0 heterocycles. The van der Waals surface area contributed by atoms with Crippen molar-refractivity contribution in [2.45, 2.75) is 6.92 Å². The van der Waals surface area contributed by atoms with E-state index in [1.54, 1.807) is 18.2 Å². The molecule has 0 unspecified atom stereocenters. The number of aryl methyl sites for hydroxylation is 1. The van der Waals surface area contributed by atoms with Crippen LogP contribution in [-0.2, 0) is 0 Å². The SMILES string of the molecule is Cc1cc(N)ccc1C(=O)NCCO. The van der Waals surface area contributed by atoms with Crippen LogP contribution in [0.5, 0.6) is 0 Å². The normalized spacial score (nSPS) is 9.86. The predicted octanol–water partition coefficient (Wildman–Crippen LogP) is 0.299. The Labute approximate surface area is 82.7 Å². The van der Waals surface area contributed by atoms with E-state index >= 15 is 0 Å². The van der Waals surface area contributed by atoms with Crippen LogP contribution in [0.1, 0.15) is 15.9 Å². The summed E-state index contributed by atoms with van der Waals surface area (Å²) >= 11 is 0. The van der Waals surface area contributed by atoms with Crippen molar-refractivity contribution >= 4 is 11.6 Å². The maximum Gasteiger partial charge on any atom is 0.251 e. The second-order valence-corrected chi connectivity index (χ2v) is 3.05. The average Bonchev–Trinajstić information content (AvgIpc) is 2.14. The fourth-order valence-electron chi connectivity index (χ4n) is 1.21. The Hall–Kier alpha value is -1.55. The van der Waals surface area contributed by atoms with Crippen molar-refractivity contribution < 1.29 is 9.90 Å². The van der Waals surface area contributed by atoms with Crippen LogP contribution in [0.2, 0.25) is 0 Å². The van der Waals surface area contributed by atoms with Gasteiger partial charge in [-0.1, -0.05) is 0 Å². The van der Waals surface area contributed by atoms with Crippen molar-refractivity contribution in [3.63, 3.8) is 0 Å². The first-order chi connectivity index (χ1) is 6.65. The lowest BCUT2D eigenvalue weighted by Gasteiger charge is -2.06. The van der Waals surface area contributed by atoms with E-state index in [-0.39, 0.29) is 19.1 Å². The van der Waals surface area contributed by atoms with Gasteiger partial charge in [-0.05, 0) is 30.7 Å². The van der Waals surface area contributed by atoms with Crippen molar-refractivity contribution in [2.24, 2.45) is 0 Å². The Morgan fingerprint density at radius 1 is 1.57 bits per heavy atom. The minimum Gasteiger partial charge on any atom is -0.399 e. The number of aliphatic hydroxyl groups excluding tert-OH is 1. The number of rotatable bonds is 3. The highest BCUT2D eigenvalue weighted by atomic mass is 16.3. The molecule has 1 rings (SSSR count). The molecule has 0 aliphatic heterocycles. The van der Waals surface area contributed by atoms with Gasteiger partial charge in [0.05, 0.1) is 6.61 Å². The number of carbonyl (C=O) groups excluding carboxylic acids is 1. The van der Waals surface area contributed by atoms with Gasteiger partial charge in [-0.2, -0.15) is 0 Å². The summed E-state index contributed by atoms with van der Waals surface area (Å²) < 4.78 is 0. The maximum atomic E-state index is 11.5. The van der Waals surface area contributed by atoms with Gasteiger partial charge in [0, 0.05) is 17.8 Å². The average molecular weight is 194 g/mol. The van der Waals surface area contributed by atoms with Crippen molar-refractivity contribution in [3.8, 4) is 0 Å². The van der Waals surface area contributed by atoms with Crippen LogP contribution < -0.4 is 11.1 Å². The van der Waals surface area contributed by atoms with Crippen molar-refractivity contribution in [1.82, 2.24) is 5.32 Å². The molecular weight excluding hydrogens is 180 g/mol. The van der Waals surface area contributed by atoms with E-state index < -0.39 is 0 Å². The topological polar surface area (TPSA) is 75.4 Å². The second-order valence-electron chi connectivity index (χ2n) is 3.05. The van der Waals surface area contributed by atoms with Gasteiger partial charge >= 0.3 is 0 Å². The molecule has 0 bridgehead atoms. The van der Waals surface area contributed by atoms with E-state index in [4.69, 9.17) is 10.8 Å². The molecule has 0 fully saturated rings. The number of hydrogen-bond donors (Lipinski definition) is 3. The summed E-state index contributed by atoms with van der Waals surface area (Å²) in [6.07, 6.45) is 0. The van der Waals surface area contributed by atoms with Crippen LogP contribution in [-0.4, -0.2) is 24.2 Å². The van der Waals surface area contributed by atoms with Crippen LogP contribution in [0, 0.1) is 6.92 Å². The summed E-state index contributed by atoms with van der Waals surface area (Å²) in [4.78, 5) is 11.5. The van der Waals surface area contributed by atoms with E-state index in [0.717, 1.165) is 5.56 Å². The fourth-order valence-corrected chi connectivity index (χ4v) is 1.21. The molecule has 14 heavy (non-hydrogen) atoms. The number of carbonyl (C=O) groups is 1. The van der Waals surface area contributed by atoms with Gasteiger partial charge < -0.3 is 16.2 Å². The van der Waals surface area contributed by atoms with Crippen LogP contribution in [0.3, 0.4) is 0 Å². The number of benzene rings is 1. The number of nitrogens with one attached hydrogen (secondary N) is 1. The van der Waals surface area contributed by atoms with Gasteiger partial charge in [0.1, 0.15) is 0 Å². The summed E-state index contributed by atoms with van der Waals surface area (Å²) in [6, 6.07) is 5.10. The third-order valence-corrected chi connectivity index (χ3v) is 1.89. The van der Waals surface area contributed by atoms with Crippen LogP contribution in [0.25, 0.3) is 0 Å². The van der Waals surface area contributed by atoms with Gasteiger partial charge in [0.25, 0.3) is 5.91 Å². The number of hydrogen-bond acceptors (Lipinski definition) is 3. The van der Waals surface area contributed by atoms with E-state index in [9.17, 15) is 4.79 Å². The third-order valence-electron chi connectivity index (χ3n) is 1.89. The Balaban J connectivity index is 2.80. The summed E-state index contributed by atoms with van der Waals surface area (Å²) in [6.45, 7) is 2.03. The lowest BCUT2D eigenvalue weighted by molar-refractivity contribution is 0.0944. The quantitative estimate of drug-likeness (QED) is 0.606. The summed E-state index contributed by atoms with van der Waals surface area (Å²) in [5.74, 6) is -0.184. The van der Waals surface area contributed by atoms with Crippen LogP contribution in [0.4, 0.5) is 5.69 Å². The fraction of sp³-hybridized carbons (Fsp3) is 0.300. The zero-order valence-corrected chi connectivity index (χ0v) is 8.08. The molecular formula is C10H14N2O2. The van der Waals surface area contributed by atoms with Crippen LogP contribution in [0.15, 0.2) is 18.2 Å². The first-order valence-corrected chi connectivity index (χ1v) is 4.40. The lowest BCUT2D eigenvalue weighted by Crippen LogP contribution is -2.26. The van der Waals surface area contributed by atoms with Crippen molar-refractivity contribution in [2.75, 3.05) is 18.9 Å². The molecule has 4 heteroatoms. The van der Waals surface area contributed by atoms with E-state index in [1.807, 2.05) is 6.92 Å². The van der Waals surface area contributed by atoms with Crippen LogP contribution >= 0.6 is 0 Å². The highest BCUT2D eigenvalue weighted by Crippen LogP contribution is 2.11. The first-order valence-electron chi connectivity index (χ1n) is 4.40. The third kappa shape index (κ3) is 2.47. The van der Waals surface area contributed by atoms with Gasteiger partial charge in [0.2, 0.25) is 0 Å². The highest BCUT2D eigenvalue weighted by molar-refractivity contribution is 5.95. The van der Waals surface area contributed by atoms with E-state index in [1.165, 1.54) is 0 Å². The van der Waals surface area contributed by atoms with E-state index in [0.29, 0.717) is 11.3 Å². The molecule has 0 aromatic heterocycles. The smallest absolute Gasteiger partial charge is 0.251 e. The zero-order chi connectivity index (χ0) is 10.6. The molecule has 4 nitrogen and oxygen atoms in total.